The first kappa shape index (κ1) is 20.6. The molecule has 2 nitrogen and oxygen atoms in total. The standard InChI is InChI=1S/C21H27NO.BrH/c1-5-20(23)21(16-17(2)22(3)4,18-12-8-6-9-13-18)19-14-10-7-11-15-19;/h6-15,17H,5,16H2,1-4H3;1H/t17-;/m0./s1. The van der Waals surface area contributed by atoms with E-state index in [4.69, 9.17) is 0 Å². The smallest absolute Gasteiger partial charge is 0.147 e. The molecule has 2 aromatic carbocycles. The number of rotatable bonds is 7. The third-order valence-electron chi connectivity index (χ3n) is 4.81. The molecular formula is C21H28BrNO. The Morgan fingerprint density at radius 2 is 1.38 bits per heavy atom. The number of nitrogens with zero attached hydrogens (tertiary/aromatic N) is 1. The van der Waals surface area contributed by atoms with Gasteiger partial charge < -0.3 is 4.90 Å². The van der Waals surface area contributed by atoms with Crippen LogP contribution in [0.25, 0.3) is 0 Å². The third-order valence-corrected chi connectivity index (χ3v) is 4.81. The Labute approximate surface area is 156 Å². The van der Waals surface area contributed by atoms with Crippen LogP contribution in [0.2, 0.25) is 0 Å². The zero-order valence-corrected chi connectivity index (χ0v) is 16.7. The summed E-state index contributed by atoms with van der Waals surface area (Å²) in [4.78, 5) is 15.4. The first-order valence-corrected chi connectivity index (χ1v) is 8.33. The lowest BCUT2D eigenvalue weighted by atomic mass is 9.67. The van der Waals surface area contributed by atoms with Gasteiger partial charge in [0.1, 0.15) is 5.78 Å². The summed E-state index contributed by atoms with van der Waals surface area (Å²) in [7, 11) is 4.14. The molecule has 130 valence electrons. The fourth-order valence-corrected chi connectivity index (χ4v) is 3.21. The molecule has 0 aromatic heterocycles. The number of carbonyl (C=O) groups is 1. The van der Waals surface area contributed by atoms with Crippen molar-refractivity contribution in [3.63, 3.8) is 0 Å². The molecule has 0 bridgehead atoms. The van der Waals surface area contributed by atoms with Gasteiger partial charge in [-0.05, 0) is 38.6 Å². The predicted molar refractivity (Wildman–Crippen MR) is 107 cm³/mol. The summed E-state index contributed by atoms with van der Waals surface area (Å²) >= 11 is 0. The Morgan fingerprint density at radius 1 is 0.958 bits per heavy atom. The van der Waals surface area contributed by atoms with Gasteiger partial charge in [0, 0.05) is 12.5 Å². The lowest BCUT2D eigenvalue weighted by Gasteiger charge is -2.37. The Morgan fingerprint density at radius 3 is 1.71 bits per heavy atom. The van der Waals surface area contributed by atoms with E-state index in [1.54, 1.807) is 0 Å². The predicted octanol–water partition coefficient (Wildman–Crippen LogP) is 4.87. The van der Waals surface area contributed by atoms with Crippen molar-refractivity contribution >= 4 is 22.8 Å². The fourth-order valence-electron chi connectivity index (χ4n) is 3.21. The Balaban J connectivity index is 0.00000288. The van der Waals surface area contributed by atoms with E-state index in [-0.39, 0.29) is 22.8 Å². The van der Waals surface area contributed by atoms with Crippen LogP contribution in [-0.4, -0.2) is 30.8 Å². The van der Waals surface area contributed by atoms with Gasteiger partial charge in [0.25, 0.3) is 0 Å². The van der Waals surface area contributed by atoms with E-state index in [1.807, 2.05) is 43.3 Å². The lowest BCUT2D eigenvalue weighted by Crippen LogP contribution is -2.42. The van der Waals surface area contributed by atoms with Gasteiger partial charge in [0.2, 0.25) is 0 Å². The summed E-state index contributed by atoms with van der Waals surface area (Å²) in [5.74, 6) is 0.281. The van der Waals surface area contributed by atoms with E-state index in [0.29, 0.717) is 12.5 Å². The zero-order valence-electron chi connectivity index (χ0n) is 15.0. The molecule has 3 heteroatoms. The van der Waals surface area contributed by atoms with E-state index < -0.39 is 5.41 Å². The van der Waals surface area contributed by atoms with Crippen LogP contribution in [0.4, 0.5) is 0 Å². The largest absolute Gasteiger partial charge is 0.307 e. The van der Waals surface area contributed by atoms with Crippen molar-refractivity contribution in [3.8, 4) is 0 Å². The molecule has 0 saturated carbocycles. The molecule has 24 heavy (non-hydrogen) atoms. The highest BCUT2D eigenvalue weighted by Gasteiger charge is 2.41. The van der Waals surface area contributed by atoms with E-state index in [1.165, 1.54) is 0 Å². The van der Waals surface area contributed by atoms with Gasteiger partial charge in [-0.15, -0.1) is 17.0 Å². The average molecular weight is 390 g/mol. The molecule has 0 saturated heterocycles. The van der Waals surface area contributed by atoms with Crippen LogP contribution in [0, 0.1) is 0 Å². The second-order valence-corrected chi connectivity index (χ2v) is 6.43. The highest BCUT2D eigenvalue weighted by Crippen LogP contribution is 2.39. The minimum atomic E-state index is -0.582. The molecule has 0 amide bonds. The molecule has 0 aliphatic rings. The van der Waals surface area contributed by atoms with Crippen LogP contribution in [0.3, 0.4) is 0 Å². The number of hydrogen-bond donors (Lipinski definition) is 0. The van der Waals surface area contributed by atoms with E-state index in [0.717, 1.165) is 17.5 Å². The van der Waals surface area contributed by atoms with Crippen molar-refractivity contribution in [3.05, 3.63) is 71.8 Å². The third kappa shape index (κ3) is 4.14. The molecule has 2 aromatic rings. The van der Waals surface area contributed by atoms with Gasteiger partial charge in [-0.1, -0.05) is 67.6 Å². The van der Waals surface area contributed by atoms with Crippen LogP contribution < -0.4 is 0 Å². The monoisotopic (exact) mass is 389 g/mol. The minimum absolute atomic E-state index is 0. The van der Waals surface area contributed by atoms with Crippen LogP contribution >= 0.6 is 17.0 Å². The van der Waals surface area contributed by atoms with Gasteiger partial charge in [-0.3, -0.25) is 4.79 Å². The Bertz CT molecular complexity index is 585. The van der Waals surface area contributed by atoms with Crippen molar-refractivity contribution in [1.82, 2.24) is 4.90 Å². The summed E-state index contributed by atoms with van der Waals surface area (Å²) in [6.45, 7) is 4.15. The molecule has 0 fully saturated rings. The van der Waals surface area contributed by atoms with Crippen molar-refractivity contribution in [2.75, 3.05) is 14.1 Å². The van der Waals surface area contributed by atoms with Crippen molar-refractivity contribution in [2.45, 2.75) is 38.1 Å². The molecule has 0 N–H and O–H groups in total. The first-order valence-electron chi connectivity index (χ1n) is 8.33. The summed E-state index contributed by atoms with van der Waals surface area (Å²) in [5, 5.41) is 0. The fraction of sp³-hybridized carbons (Fsp3) is 0.381. The Hall–Kier alpha value is -1.45. The number of ketones is 1. The normalized spacial score (nSPS) is 12.5. The number of benzene rings is 2. The summed E-state index contributed by atoms with van der Waals surface area (Å²) in [5.41, 5.74) is 1.60. The quantitative estimate of drug-likeness (QED) is 0.672. The summed E-state index contributed by atoms with van der Waals surface area (Å²) in [6.07, 6.45) is 1.31. The van der Waals surface area contributed by atoms with Crippen molar-refractivity contribution in [2.24, 2.45) is 0 Å². The Kier molecular flexibility index (Phi) is 7.85. The summed E-state index contributed by atoms with van der Waals surface area (Å²) in [6, 6.07) is 20.7. The van der Waals surface area contributed by atoms with E-state index >= 15 is 0 Å². The second-order valence-electron chi connectivity index (χ2n) is 6.43. The zero-order chi connectivity index (χ0) is 16.9. The van der Waals surface area contributed by atoms with Crippen LogP contribution in [-0.2, 0) is 10.2 Å². The van der Waals surface area contributed by atoms with Gasteiger partial charge in [0.15, 0.2) is 0 Å². The molecule has 1 atom stereocenters. The van der Waals surface area contributed by atoms with E-state index in [2.05, 4.69) is 50.2 Å². The van der Waals surface area contributed by atoms with Crippen molar-refractivity contribution < 1.29 is 4.79 Å². The van der Waals surface area contributed by atoms with Crippen molar-refractivity contribution in [1.29, 1.82) is 0 Å². The van der Waals surface area contributed by atoms with Gasteiger partial charge in [-0.25, -0.2) is 0 Å². The van der Waals surface area contributed by atoms with Crippen LogP contribution in [0.5, 0.6) is 0 Å². The average Bonchev–Trinajstić information content (AvgIpc) is 2.60. The molecule has 0 radical (unpaired) electrons. The molecule has 2 rings (SSSR count). The molecular weight excluding hydrogens is 362 g/mol. The highest BCUT2D eigenvalue weighted by molar-refractivity contribution is 8.93. The first-order chi connectivity index (χ1) is 11.0. The number of halogens is 1. The second kappa shape index (κ2) is 9.14. The van der Waals surface area contributed by atoms with Gasteiger partial charge in [0.05, 0.1) is 5.41 Å². The maximum absolute atomic E-state index is 13.2. The van der Waals surface area contributed by atoms with Gasteiger partial charge in [-0.2, -0.15) is 0 Å². The number of carbonyl (C=O) groups excluding carboxylic acids is 1. The maximum Gasteiger partial charge on any atom is 0.147 e. The molecule has 0 aliphatic heterocycles. The SMILES string of the molecule is Br.CCC(=O)C(C[C@H](C)N(C)C)(c1ccccc1)c1ccccc1. The topological polar surface area (TPSA) is 20.3 Å². The molecule has 0 aliphatic carbocycles. The maximum atomic E-state index is 13.2. The van der Waals surface area contributed by atoms with Gasteiger partial charge >= 0.3 is 0 Å². The lowest BCUT2D eigenvalue weighted by molar-refractivity contribution is -0.123. The minimum Gasteiger partial charge on any atom is -0.307 e. The molecule has 0 spiro atoms. The number of hydrogen-bond acceptors (Lipinski definition) is 2. The molecule has 0 unspecified atom stereocenters. The summed E-state index contributed by atoms with van der Waals surface area (Å²) < 4.78 is 0. The van der Waals surface area contributed by atoms with Crippen LogP contribution in [0.15, 0.2) is 60.7 Å². The van der Waals surface area contributed by atoms with Crippen LogP contribution in [0.1, 0.15) is 37.8 Å². The van der Waals surface area contributed by atoms with E-state index in [9.17, 15) is 4.79 Å². The number of Topliss-reactive ketones (excluding diaryl/α,β-unsaturated/α-hetero) is 1. The highest BCUT2D eigenvalue weighted by atomic mass is 79.9. The molecule has 0 heterocycles.